The van der Waals surface area contributed by atoms with E-state index in [2.05, 4.69) is 32.4 Å². The van der Waals surface area contributed by atoms with E-state index in [0.717, 1.165) is 63.4 Å². The van der Waals surface area contributed by atoms with E-state index in [0.29, 0.717) is 18.4 Å². The van der Waals surface area contributed by atoms with E-state index in [4.69, 9.17) is 0 Å². The number of piperidine rings is 1. The van der Waals surface area contributed by atoms with E-state index in [9.17, 15) is 4.79 Å². The van der Waals surface area contributed by atoms with Gasteiger partial charge in [-0.3, -0.25) is 4.79 Å². The van der Waals surface area contributed by atoms with E-state index < -0.39 is 0 Å². The molecule has 0 atom stereocenters. The first-order valence-corrected chi connectivity index (χ1v) is 9.85. The first-order valence-electron chi connectivity index (χ1n) is 9.85. The highest BCUT2D eigenvalue weighted by Gasteiger charge is 2.22. The lowest BCUT2D eigenvalue weighted by atomic mass is 9.92. The summed E-state index contributed by atoms with van der Waals surface area (Å²) < 4.78 is 0. The zero-order chi connectivity index (χ0) is 17.5. The van der Waals surface area contributed by atoms with Crippen molar-refractivity contribution in [2.75, 3.05) is 29.9 Å². The van der Waals surface area contributed by atoms with Crippen LogP contribution in [0.5, 0.6) is 0 Å². The Balaban J connectivity index is 1.39. The van der Waals surface area contributed by atoms with Gasteiger partial charge in [-0.15, -0.1) is 0 Å². The highest BCUT2D eigenvalue weighted by Crippen LogP contribution is 2.26. The smallest absolute Gasteiger partial charge is 0.220 e. The first-order chi connectivity index (χ1) is 12.2. The van der Waals surface area contributed by atoms with Crippen LogP contribution in [-0.4, -0.2) is 41.6 Å². The fourth-order valence-corrected chi connectivity index (χ4v) is 3.95. The van der Waals surface area contributed by atoms with Crippen LogP contribution in [0.1, 0.15) is 58.3 Å². The molecular weight excluding hydrogens is 314 g/mol. The van der Waals surface area contributed by atoms with Crippen LogP contribution in [0.2, 0.25) is 0 Å². The van der Waals surface area contributed by atoms with E-state index >= 15 is 0 Å². The van der Waals surface area contributed by atoms with Crippen molar-refractivity contribution < 1.29 is 4.79 Å². The number of hydrogen-bond acceptors (Lipinski definition) is 5. The van der Waals surface area contributed by atoms with Gasteiger partial charge in [0, 0.05) is 38.2 Å². The predicted molar refractivity (Wildman–Crippen MR) is 101 cm³/mol. The molecule has 6 heteroatoms. The van der Waals surface area contributed by atoms with E-state index in [1.807, 2.05) is 6.07 Å². The number of rotatable bonds is 7. The second kappa shape index (κ2) is 9.02. The maximum Gasteiger partial charge on any atom is 0.220 e. The normalized spacial score (nSPS) is 19.2. The molecule has 1 aromatic rings. The molecule has 0 unspecified atom stereocenters. The molecule has 1 saturated heterocycles. The van der Waals surface area contributed by atoms with E-state index in [1.165, 1.54) is 12.8 Å². The van der Waals surface area contributed by atoms with Crippen LogP contribution in [0.25, 0.3) is 0 Å². The number of carbonyl (C=O) groups is 1. The van der Waals surface area contributed by atoms with Gasteiger partial charge in [-0.1, -0.05) is 12.8 Å². The Morgan fingerprint density at radius 1 is 1.20 bits per heavy atom. The second-order valence-electron chi connectivity index (χ2n) is 7.31. The molecule has 2 N–H and O–H groups in total. The maximum atomic E-state index is 12.1. The molecule has 1 saturated carbocycles. The zero-order valence-electron chi connectivity index (χ0n) is 15.3. The molecule has 2 heterocycles. The molecule has 1 aliphatic heterocycles. The van der Waals surface area contributed by atoms with Crippen LogP contribution in [0.15, 0.2) is 12.4 Å². The Morgan fingerprint density at radius 2 is 1.96 bits per heavy atom. The van der Waals surface area contributed by atoms with E-state index in [-0.39, 0.29) is 5.91 Å². The van der Waals surface area contributed by atoms with Gasteiger partial charge in [0.05, 0.1) is 0 Å². The summed E-state index contributed by atoms with van der Waals surface area (Å²) in [6.45, 7) is 4.95. The number of aromatic nitrogens is 2. The largest absolute Gasteiger partial charge is 0.370 e. The van der Waals surface area contributed by atoms with Crippen molar-refractivity contribution in [3.8, 4) is 0 Å². The van der Waals surface area contributed by atoms with Crippen molar-refractivity contribution in [3.05, 3.63) is 12.4 Å². The molecule has 0 radical (unpaired) electrons. The molecule has 1 aromatic heterocycles. The minimum atomic E-state index is 0.250. The molecule has 2 aliphatic rings. The van der Waals surface area contributed by atoms with Crippen molar-refractivity contribution in [2.24, 2.45) is 5.92 Å². The lowest BCUT2D eigenvalue weighted by molar-refractivity contribution is -0.122. The average Bonchev–Trinajstić information content (AvgIpc) is 3.14. The summed E-state index contributed by atoms with van der Waals surface area (Å²) in [6, 6.07) is 2.47. The molecular formula is C19H31N5O. The highest BCUT2D eigenvalue weighted by molar-refractivity contribution is 5.76. The standard InChI is InChI=1S/C19H31N5O/c1-2-20-17-13-18(22-14-21-17)24-11-9-15(10-12-24)7-8-19(25)23-16-5-3-4-6-16/h13-16H,2-12H2,1H3,(H,23,25)(H,20,21,22). The van der Waals surface area contributed by atoms with Crippen LogP contribution in [-0.2, 0) is 4.79 Å². The lowest BCUT2D eigenvalue weighted by Crippen LogP contribution is -2.36. The van der Waals surface area contributed by atoms with Crippen molar-refractivity contribution in [1.29, 1.82) is 0 Å². The molecule has 25 heavy (non-hydrogen) atoms. The van der Waals surface area contributed by atoms with Crippen LogP contribution >= 0.6 is 0 Å². The molecule has 2 fully saturated rings. The van der Waals surface area contributed by atoms with Gasteiger partial charge < -0.3 is 15.5 Å². The molecule has 3 rings (SSSR count). The minimum Gasteiger partial charge on any atom is -0.370 e. The van der Waals surface area contributed by atoms with Gasteiger partial charge in [-0.2, -0.15) is 0 Å². The Morgan fingerprint density at radius 3 is 2.68 bits per heavy atom. The zero-order valence-corrected chi connectivity index (χ0v) is 15.3. The van der Waals surface area contributed by atoms with Crippen molar-refractivity contribution >= 4 is 17.5 Å². The maximum absolute atomic E-state index is 12.1. The van der Waals surface area contributed by atoms with Crippen LogP contribution < -0.4 is 15.5 Å². The number of carbonyl (C=O) groups excluding carboxylic acids is 1. The van der Waals surface area contributed by atoms with Crippen LogP contribution in [0, 0.1) is 5.92 Å². The first kappa shape index (κ1) is 18.0. The molecule has 138 valence electrons. The van der Waals surface area contributed by atoms with Gasteiger partial charge in [0.25, 0.3) is 0 Å². The fourth-order valence-electron chi connectivity index (χ4n) is 3.95. The summed E-state index contributed by atoms with van der Waals surface area (Å²) in [4.78, 5) is 23.1. The topological polar surface area (TPSA) is 70.2 Å². The summed E-state index contributed by atoms with van der Waals surface area (Å²) in [5.41, 5.74) is 0. The monoisotopic (exact) mass is 345 g/mol. The minimum absolute atomic E-state index is 0.250. The summed E-state index contributed by atoms with van der Waals surface area (Å²) in [5.74, 6) is 2.79. The fraction of sp³-hybridized carbons (Fsp3) is 0.737. The third-order valence-corrected chi connectivity index (χ3v) is 5.45. The second-order valence-corrected chi connectivity index (χ2v) is 7.31. The Labute approximate surface area is 150 Å². The number of amides is 1. The van der Waals surface area contributed by atoms with Crippen LogP contribution in [0.4, 0.5) is 11.6 Å². The SMILES string of the molecule is CCNc1cc(N2CCC(CCC(=O)NC3CCCC3)CC2)ncn1. The summed E-state index contributed by atoms with van der Waals surface area (Å²) in [7, 11) is 0. The number of anilines is 2. The summed E-state index contributed by atoms with van der Waals surface area (Å²) >= 11 is 0. The van der Waals surface area contributed by atoms with Gasteiger partial charge in [0.1, 0.15) is 18.0 Å². The quantitative estimate of drug-likeness (QED) is 0.795. The average molecular weight is 345 g/mol. The highest BCUT2D eigenvalue weighted by atomic mass is 16.1. The van der Waals surface area contributed by atoms with Gasteiger partial charge >= 0.3 is 0 Å². The number of nitrogens with zero attached hydrogens (tertiary/aromatic N) is 3. The van der Waals surface area contributed by atoms with Gasteiger partial charge in [-0.05, 0) is 44.9 Å². The number of nitrogens with one attached hydrogen (secondary N) is 2. The summed E-state index contributed by atoms with van der Waals surface area (Å²) in [6.07, 6.45) is 10.5. The Bertz CT molecular complexity index is 551. The Hall–Kier alpha value is -1.85. The predicted octanol–water partition coefficient (Wildman–Crippen LogP) is 2.96. The molecule has 6 nitrogen and oxygen atoms in total. The molecule has 1 amide bonds. The van der Waals surface area contributed by atoms with Crippen LogP contribution in [0.3, 0.4) is 0 Å². The van der Waals surface area contributed by atoms with Gasteiger partial charge in [-0.25, -0.2) is 9.97 Å². The molecule has 1 aliphatic carbocycles. The van der Waals surface area contributed by atoms with Gasteiger partial charge in [0.2, 0.25) is 5.91 Å². The van der Waals surface area contributed by atoms with Crippen molar-refractivity contribution in [3.63, 3.8) is 0 Å². The lowest BCUT2D eigenvalue weighted by Gasteiger charge is -2.32. The summed E-state index contributed by atoms with van der Waals surface area (Å²) in [5, 5.41) is 6.43. The third-order valence-electron chi connectivity index (χ3n) is 5.45. The van der Waals surface area contributed by atoms with Crippen molar-refractivity contribution in [1.82, 2.24) is 15.3 Å². The van der Waals surface area contributed by atoms with E-state index in [1.54, 1.807) is 6.33 Å². The molecule has 0 spiro atoms. The third kappa shape index (κ3) is 5.31. The Kier molecular flexibility index (Phi) is 6.48. The number of hydrogen-bond donors (Lipinski definition) is 2. The van der Waals surface area contributed by atoms with Gasteiger partial charge in [0.15, 0.2) is 0 Å². The molecule has 0 aromatic carbocycles. The van der Waals surface area contributed by atoms with Crippen molar-refractivity contribution in [2.45, 2.75) is 64.3 Å². The molecule has 0 bridgehead atoms.